The van der Waals surface area contributed by atoms with Crippen LogP contribution in [-0.4, -0.2) is 26.7 Å². The Morgan fingerprint density at radius 2 is 2.11 bits per heavy atom. The van der Waals surface area contributed by atoms with Crippen LogP contribution in [0.5, 0.6) is 5.88 Å². The highest BCUT2D eigenvalue weighted by molar-refractivity contribution is 5.62. The van der Waals surface area contributed by atoms with Gasteiger partial charge < -0.3 is 10.5 Å². The van der Waals surface area contributed by atoms with Crippen LogP contribution in [0.3, 0.4) is 0 Å². The van der Waals surface area contributed by atoms with Gasteiger partial charge in [-0.15, -0.1) is 5.10 Å². The zero-order chi connectivity index (χ0) is 12.5. The van der Waals surface area contributed by atoms with Crippen LogP contribution in [0.15, 0.2) is 36.5 Å². The number of aromatic nitrogens is 4. The topological polar surface area (TPSA) is 78.3 Å². The average Bonchev–Trinajstić information content (AvgIpc) is 2.79. The molecule has 6 nitrogen and oxygen atoms in total. The summed E-state index contributed by atoms with van der Waals surface area (Å²) in [6.45, 7) is 0. The molecule has 18 heavy (non-hydrogen) atoms. The SMILES string of the molecule is COc1ccc(-c2cccc3nc(N)nn23)cn1. The van der Waals surface area contributed by atoms with E-state index in [2.05, 4.69) is 15.1 Å². The van der Waals surface area contributed by atoms with Crippen LogP contribution >= 0.6 is 0 Å². The fourth-order valence-corrected chi connectivity index (χ4v) is 1.79. The number of methoxy groups -OCH3 is 1. The zero-order valence-electron chi connectivity index (χ0n) is 9.74. The molecule has 0 atom stereocenters. The van der Waals surface area contributed by atoms with E-state index in [0.29, 0.717) is 11.5 Å². The van der Waals surface area contributed by atoms with Crippen molar-refractivity contribution in [2.75, 3.05) is 12.8 Å². The molecule has 0 spiro atoms. The van der Waals surface area contributed by atoms with Crippen molar-refractivity contribution in [3.8, 4) is 17.1 Å². The van der Waals surface area contributed by atoms with Crippen LogP contribution in [-0.2, 0) is 0 Å². The molecule has 2 N–H and O–H groups in total. The number of nitrogens with two attached hydrogens (primary N) is 1. The minimum absolute atomic E-state index is 0.254. The van der Waals surface area contributed by atoms with E-state index >= 15 is 0 Å². The van der Waals surface area contributed by atoms with Gasteiger partial charge in [0.2, 0.25) is 11.8 Å². The molecule has 3 aromatic heterocycles. The summed E-state index contributed by atoms with van der Waals surface area (Å²) in [5, 5.41) is 4.16. The normalized spacial score (nSPS) is 10.7. The van der Waals surface area contributed by atoms with Crippen molar-refractivity contribution in [3.05, 3.63) is 36.5 Å². The van der Waals surface area contributed by atoms with Crippen molar-refractivity contribution >= 4 is 11.6 Å². The van der Waals surface area contributed by atoms with Gasteiger partial charge in [0.15, 0.2) is 5.65 Å². The number of fused-ring (bicyclic) bond motifs is 1. The Balaban J connectivity index is 2.17. The molecule has 0 bridgehead atoms. The van der Waals surface area contributed by atoms with E-state index in [0.717, 1.165) is 11.3 Å². The minimum atomic E-state index is 0.254. The number of nitrogen functional groups attached to an aromatic ring is 1. The maximum absolute atomic E-state index is 5.60. The van der Waals surface area contributed by atoms with E-state index in [1.807, 2.05) is 24.3 Å². The highest BCUT2D eigenvalue weighted by Gasteiger charge is 2.07. The van der Waals surface area contributed by atoms with Crippen molar-refractivity contribution in [1.29, 1.82) is 0 Å². The molecule has 90 valence electrons. The first kappa shape index (κ1) is 10.5. The van der Waals surface area contributed by atoms with Crippen molar-refractivity contribution < 1.29 is 4.74 Å². The molecule has 3 rings (SSSR count). The number of nitrogens with zero attached hydrogens (tertiary/aromatic N) is 4. The van der Waals surface area contributed by atoms with E-state index in [9.17, 15) is 0 Å². The van der Waals surface area contributed by atoms with Crippen LogP contribution in [0.2, 0.25) is 0 Å². The van der Waals surface area contributed by atoms with E-state index in [1.165, 1.54) is 0 Å². The van der Waals surface area contributed by atoms with Gasteiger partial charge in [-0.3, -0.25) is 0 Å². The summed E-state index contributed by atoms with van der Waals surface area (Å²) in [6, 6.07) is 9.41. The lowest BCUT2D eigenvalue weighted by atomic mass is 10.2. The Bertz CT molecular complexity index is 689. The zero-order valence-corrected chi connectivity index (χ0v) is 9.74. The lowest BCUT2D eigenvalue weighted by Gasteiger charge is -2.04. The number of hydrogen-bond donors (Lipinski definition) is 1. The Morgan fingerprint density at radius 3 is 2.83 bits per heavy atom. The molecule has 0 saturated heterocycles. The van der Waals surface area contributed by atoms with Gasteiger partial charge in [-0.25, -0.2) is 9.50 Å². The third-order valence-corrected chi connectivity index (χ3v) is 2.62. The van der Waals surface area contributed by atoms with E-state index in [-0.39, 0.29) is 5.95 Å². The largest absolute Gasteiger partial charge is 0.481 e. The van der Waals surface area contributed by atoms with Crippen LogP contribution in [0.1, 0.15) is 0 Å². The van der Waals surface area contributed by atoms with E-state index < -0.39 is 0 Å². The first-order chi connectivity index (χ1) is 8.78. The number of ether oxygens (including phenoxy) is 1. The highest BCUT2D eigenvalue weighted by Crippen LogP contribution is 2.21. The third-order valence-electron chi connectivity index (χ3n) is 2.62. The van der Waals surface area contributed by atoms with Crippen LogP contribution in [0.25, 0.3) is 16.9 Å². The molecular formula is C12H11N5O. The quantitative estimate of drug-likeness (QED) is 0.733. The summed E-state index contributed by atoms with van der Waals surface area (Å²) < 4.78 is 6.72. The summed E-state index contributed by atoms with van der Waals surface area (Å²) in [5.74, 6) is 0.827. The Hall–Kier alpha value is -2.63. The van der Waals surface area contributed by atoms with Crippen molar-refractivity contribution in [2.24, 2.45) is 0 Å². The third kappa shape index (κ3) is 1.64. The molecular weight excluding hydrogens is 230 g/mol. The van der Waals surface area contributed by atoms with Gasteiger partial charge in [-0.1, -0.05) is 6.07 Å². The predicted octanol–water partition coefficient (Wildman–Crippen LogP) is 1.38. The Kier molecular flexibility index (Phi) is 2.33. The fraction of sp³-hybridized carbons (Fsp3) is 0.0833. The lowest BCUT2D eigenvalue weighted by Crippen LogP contribution is -1.95. The molecule has 0 saturated carbocycles. The van der Waals surface area contributed by atoms with Crippen LogP contribution in [0, 0.1) is 0 Å². The van der Waals surface area contributed by atoms with Gasteiger partial charge in [0.1, 0.15) is 0 Å². The summed E-state index contributed by atoms with van der Waals surface area (Å²) in [6.07, 6.45) is 1.73. The van der Waals surface area contributed by atoms with Crippen molar-refractivity contribution in [1.82, 2.24) is 19.6 Å². The average molecular weight is 241 g/mol. The maximum atomic E-state index is 5.60. The monoisotopic (exact) mass is 241 g/mol. The standard InChI is InChI=1S/C12H11N5O/c1-18-11-6-5-8(7-14-11)9-3-2-4-10-15-12(13)16-17(9)10/h2-7H,1H3,(H2,13,16). The van der Waals surface area contributed by atoms with Gasteiger partial charge in [0.05, 0.1) is 12.8 Å². The smallest absolute Gasteiger partial charge is 0.240 e. The van der Waals surface area contributed by atoms with Gasteiger partial charge >= 0.3 is 0 Å². The molecule has 6 heteroatoms. The lowest BCUT2D eigenvalue weighted by molar-refractivity contribution is 0.398. The summed E-state index contributed by atoms with van der Waals surface area (Å²) in [5.41, 5.74) is 8.12. The summed E-state index contributed by atoms with van der Waals surface area (Å²) >= 11 is 0. The fourth-order valence-electron chi connectivity index (χ4n) is 1.79. The van der Waals surface area contributed by atoms with Crippen molar-refractivity contribution in [2.45, 2.75) is 0 Å². The number of rotatable bonds is 2. The number of hydrogen-bond acceptors (Lipinski definition) is 5. The molecule has 0 aliphatic heterocycles. The molecule has 0 radical (unpaired) electrons. The van der Waals surface area contributed by atoms with Gasteiger partial charge in [-0.2, -0.15) is 4.98 Å². The van der Waals surface area contributed by atoms with Crippen molar-refractivity contribution in [3.63, 3.8) is 0 Å². The van der Waals surface area contributed by atoms with Crippen LogP contribution < -0.4 is 10.5 Å². The first-order valence-corrected chi connectivity index (χ1v) is 5.39. The number of pyridine rings is 2. The molecule has 0 aliphatic carbocycles. The first-order valence-electron chi connectivity index (χ1n) is 5.39. The number of anilines is 1. The molecule has 0 unspecified atom stereocenters. The summed E-state index contributed by atoms with van der Waals surface area (Å²) in [7, 11) is 1.58. The maximum Gasteiger partial charge on any atom is 0.240 e. The predicted molar refractivity (Wildman–Crippen MR) is 67.2 cm³/mol. The molecule has 0 aromatic carbocycles. The Morgan fingerprint density at radius 1 is 1.22 bits per heavy atom. The van der Waals surface area contributed by atoms with E-state index in [4.69, 9.17) is 10.5 Å². The molecule has 0 fully saturated rings. The van der Waals surface area contributed by atoms with Gasteiger partial charge in [0, 0.05) is 17.8 Å². The molecule has 3 heterocycles. The molecule has 0 aliphatic rings. The van der Waals surface area contributed by atoms with Crippen LogP contribution in [0.4, 0.5) is 5.95 Å². The minimum Gasteiger partial charge on any atom is -0.481 e. The van der Waals surface area contributed by atoms with Gasteiger partial charge in [0.25, 0.3) is 0 Å². The van der Waals surface area contributed by atoms with Gasteiger partial charge in [-0.05, 0) is 18.2 Å². The second-order valence-corrected chi connectivity index (χ2v) is 3.74. The second kappa shape index (κ2) is 3.99. The Labute approximate surface area is 103 Å². The molecule has 3 aromatic rings. The highest BCUT2D eigenvalue weighted by atomic mass is 16.5. The molecule has 0 amide bonds. The second-order valence-electron chi connectivity index (χ2n) is 3.74. The van der Waals surface area contributed by atoms with E-state index in [1.54, 1.807) is 23.9 Å². The summed E-state index contributed by atoms with van der Waals surface area (Å²) in [4.78, 5) is 8.29.